The second-order valence-electron chi connectivity index (χ2n) is 5.60. The fraction of sp³-hybridized carbons (Fsp3) is 0.667. The number of nitrogens with one attached hydrogen (secondary N) is 1. The normalized spacial score (nSPS) is 18.9. The molecular weight excluding hydrogens is 252 g/mol. The Bertz CT molecular complexity index is 469. The summed E-state index contributed by atoms with van der Waals surface area (Å²) in [5.74, 6) is 0.615. The molecule has 1 aliphatic rings. The number of rotatable bonds is 4. The highest BCUT2D eigenvalue weighted by atomic mass is 16.2. The molecule has 0 radical (unpaired) electrons. The van der Waals surface area contributed by atoms with Gasteiger partial charge in [0.15, 0.2) is 0 Å². The van der Waals surface area contributed by atoms with Crippen LogP contribution in [0.15, 0.2) is 6.07 Å². The van der Waals surface area contributed by atoms with Gasteiger partial charge in [0.25, 0.3) is 5.91 Å². The third kappa shape index (κ3) is 3.54. The van der Waals surface area contributed by atoms with Crippen LogP contribution in [-0.2, 0) is 6.42 Å². The molecule has 2 rings (SSSR count). The zero-order valence-corrected chi connectivity index (χ0v) is 12.6. The number of piperidine rings is 1. The lowest BCUT2D eigenvalue weighted by atomic mass is 9.99. The first-order valence-corrected chi connectivity index (χ1v) is 7.41. The molecule has 0 saturated carbocycles. The summed E-state index contributed by atoms with van der Waals surface area (Å²) in [6.07, 6.45) is 3.12. The molecule has 2 heterocycles. The maximum Gasteiger partial charge on any atom is 0.255 e. The van der Waals surface area contributed by atoms with Crippen LogP contribution in [-0.4, -0.2) is 47.7 Å². The molecule has 1 unspecified atom stereocenters. The van der Waals surface area contributed by atoms with Crippen LogP contribution in [0, 0.1) is 12.8 Å². The van der Waals surface area contributed by atoms with E-state index in [-0.39, 0.29) is 5.91 Å². The number of carbonyl (C=O) groups excluding carboxylic acids is 1. The number of hydrogen-bond acceptors (Lipinski definition) is 4. The highest BCUT2D eigenvalue weighted by Gasteiger charge is 2.21. The van der Waals surface area contributed by atoms with Gasteiger partial charge < -0.3 is 10.2 Å². The number of amides is 1. The van der Waals surface area contributed by atoms with Crippen molar-refractivity contribution in [2.75, 3.05) is 26.7 Å². The zero-order valence-electron chi connectivity index (χ0n) is 12.6. The standard InChI is InChI=1S/C15H24N4O/c1-4-14-13(8-11(2)17-18-14)15(20)19(3)10-12-6-5-7-16-9-12/h8,12,16H,4-7,9-10H2,1-3H3. The summed E-state index contributed by atoms with van der Waals surface area (Å²) in [5.41, 5.74) is 2.28. The number of nitrogens with zero attached hydrogens (tertiary/aromatic N) is 3. The predicted molar refractivity (Wildman–Crippen MR) is 78.7 cm³/mol. The van der Waals surface area contributed by atoms with Crippen molar-refractivity contribution in [3.8, 4) is 0 Å². The van der Waals surface area contributed by atoms with E-state index in [1.807, 2.05) is 31.9 Å². The molecule has 0 aromatic carbocycles. The largest absolute Gasteiger partial charge is 0.341 e. The molecule has 5 nitrogen and oxygen atoms in total. The third-order valence-corrected chi connectivity index (χ3v) is 3.84. The minimum atomic E-state index is 0.0606. The van der Waals surface area contributed by atoms with E-state index in [0.29, 0.717) is 11.5 Å². The van der Waals surface area contributed by atoms with E-state index in [2.05, 4.69) is 15.5 Å². The van der Waals surface area contributed by atoms with Crippen LogP contribution in [0.4, 0.5) is 0 Å². The average Bonchev–Trinajstić information content (AvgIpc) is 2.47. The highest BCUT2D eigenvalue weighted by Crippen LogP contribution is 2.15. The molecule has 1 atom stereocenters. The second-order valence-corrected chi connectivity index (χ2v) is 5.60. The van der Waals surface area contributed by atoms with Gasteiger partial charge in [0, 0.05) is 13.6 Å². The van der Waals surface area contributed by atoms with Crippen LogP contribution < -0.4 is 5.32 Å². The molecule has 1 saturated heterocycles. The molecule has 1 aliphatic heterocycles. The predicted octanol–water partition coefficient (Wildman–Crippen LogP) is 1.42. The van der Waals surface area contributed by atoms with Crippen LogP contribution >= 0.6 is 0 Å². The van der Waals surface area contributed by atoms with Crippen LogP contribution in [0.2, 0.25) is 0 Å². The minimum Gasteiger partial charge on any atom is -0.341 e. The fourth-order valence-electron chi connectivity index (χ4n) is 2.72. The van der Waals surface area contributed by atoms with Crippen molar-refractivity contribution in [2.24, 2.45) is 5.92 Å². The summed E-state index contributed by atoms with van der Waals surface area (Å²) < 4.78 is 0. The summed E-state index contributed by atoms with van der Waals surface area (Å²) in [5, 5.41) is 11.6. The molecular formula is C15H24N4O. The molecule has 1 N–H and O–H groups in total. The van der Waals surface area contributed by atoms with Gasteiger partial charge in [0.2, 0.25) is 0 Å². The van der Waals surface area contributed by atoms with Crippen LogP contribution in [0.25, 0.3) is 0 Å². The van der Waals surface area contributed by atoms with Gasteiger partial charge in [-0.1, -0.05) is 6.92 Å². The number of aryl methyl sites for hydroxylation is 2. The summed E-state index contributed by atoms with van der Waals surface area (Å²) >= 11 is 0. The fourth-order valence-corrected chi connectivity index (χ4v) is 2.72. The average molecular weight is 276 g/mol. The highest BCUT2D eigenvalue weighted by molar-refractivity contribution is 5.95. The first-order valence-electron chi connectivity index (χ1n) is 7.41. The minimum absolute atomic E-state index is 0.0606. The smallest absolute Gasteiger partial charge is 0.255 e. The van der Waals surface area contributed by atoms with Gasteiger partial charge in [-0.3, -0.25) is 4.79 Å². The number of aromatic nitrogens is 2. The Morgan fingerprint density at radius 3 is 2.95 bits per heavy atom. The molecule has 0 bridgehead atoms. The monoisotopic (exact) mass is 276 g/mol. The molecule has 110 valence electrons. The second kappa shape index (κ2) is 6.79. The Balaban J connectivity index is 2.07. The molecule has 20 heavy (non-hydrogen) atoms. The molecule has 0 spiro atoms. The van der Waals surface area contributed by atoms with Crippen LogP contribution in [0.5, 0.6) is 0 Å². The van der Waals surface area contributed by atoms with Gasteiger partial charge in [-0.2, -0.15) is 10.2 Å². The summed E-state index contributed by atoms with van der Waals surface area (Å²) in [7, 11) is 1.88. The van der Waals surface area contributed by atoms with E-state index < -0.39 is 0 Å². The maximum atomic E-state index is 12.6. The summed E-state index contributed by atoms with van der Waals surface area (Å²) in [6, 6.07) is 1.85. The van der Waals surface area contributed by atoms with Crippen molar-refractivity contribution in [3.05, 3.63) is 23.0 Å². The third-order valence-electron chi connectivity index (χ3n) is 3.84. The lowest BCUT2D eigenvalue weighted by Crippen LogP contribution is -2.39. The lowest BCUT2D eigenvalue weighted by molar-refractivity contribution is 0.0762. The zero-order chi connectivity index (χ0) is 14.5. The van der Waals surface area contributed by atoms with Gasteiger partial charge in [0.1, 0.15) is 0 Å². The van der Waals surface area contributed by atoms with Gasteiger partial charge in [0.05, 0.1) is 17.0 Å². The van der Waals surface area contributed by atoms with E-state index in [1.165, 1.54) is 12.8 Å². The first-order chi connectivity index (χ1) is 9.61. The SMILES string of the molecule is CCc1nnc(C)cc1C(=O)N(C)CC1CCCNC1. The van der Waals surface area contributed by atoms with Gasteiger partial charge in [-0.05, 0) is 51.3 Å². The Hall–Kier alpha value is -1.49. The Labute approximate surface area is 120 Å². The van der Waals surface area contributed by atoms with Crippen LogP contribution in [0.1, 0.15) is 41.5 Å². The van der Waals surface area contributed by atoms with Crippen LogP contribution in [0.3, 0.4) is 0 Å². The topological polar surface area (TPSA) is 58.1 Å². The quantitative estimate of drug-likeness (QED) is 0.903. The van der Waals surface area contributed by atoms with E-state index in [4.69, 9.17) is 0 Å². The first kappa shape index (κ1) is 14.9. The molecule has 1 aromatic rings. The summed E-state index contributed by atoms with van der Waals surface area (Å²) in [4.78, 5) is 14.4. The molecule has 1 aromatic heterocycles. The lowest BCUT2D eigenvalue weighted by Gasteiger charge is -2.28. The number of hydrogen-bond donors (Lipinski definition) is 1. The van der Waals surface area contributed by atoms with Crippen molar-refractivity contribution in [2.45, 2.75) is 33.1 Å². The molecule has 1 amide bonds. The molecule has 1 fully saturated rings. The van der Waals surface area contributed by atoms with E-state index >= 15 is 0 Å². The maximum absolute atomic E-state index is 12.6. The van der Waals surface area contributed by atoms with Crippen molar-refractivity contribution < 1.29 is 4.79 Å². The van der Waals surface area contributed by atoms with Gasteiger partial charge >= 0.3 is 0 Å². The number of carbonyl (C=O) groups is 1. The van der Waals surface area contributed by atoms with Crippen molar-refractivity contribution in [1.82, 2.24) is 20.4 Å². The Morgan fingerprint density at radius 1 is 1.50 bits per heavy atom. The molecule has 0 aliphatic carbocycles. The molecule has 5 heteroatoms. The van der Waals surface area contributed by atoms with Crippen molar-refractivity contribution in [1.29, 1.82) is 0 Å². The van der Waals surface area contributed by atoms with Gasteiger partial charge in [-0.15, -0.1) is 0 Å². The van der Waals surface area contributed by atoms with Crippen molar-refractivity contribution in [3.63, 3.8) is 0 Å². The Morgan fingerprint density at radius 2 is 2.30 bits per heavy atom. The van der Waals surface area contributed by atoms with E-state index in [9.17, 15) is 4.79 Å². The van der Waals surface area contributed by atoms with E-state index in [0.717, 1.165) is 37.4 Å². The Kier molecular flexibility index (Phi) is 5.06. The summed E-state index contributed by atoms with van der Waals surface area (Å²) in [6.45, 7) is 6.78. The van der Waals surface area contributed by atoms with E-state index in [1.54, 1.807) is 0 Å². The van der Waals surface area contributed by atoms with Crippen molar-refractivity contribution >= 4 is 5.91 Å². The van der Waals surface area contributed by atoms with Gasteiger partial charge in [-0.25, -0.2) is 0 Å².